The third kappa shape index (κ3) is 3.25. The molecule has 2 aromatic carbocycles. The number of fused-ring (bicyclic) bond motifs is 1. The number of hydrogen-bond donors (Lipinski definition) is 0. The Balaban J connectivity index is 1.64. The third-order valence-corrected chi connectivity index (χ3v) is 5.57. The van der Waals surface area contributed by atoms with E-state index in [0.717, 1.165) is 50.3 Å². The monoisotopic (exact) mass is 354 g/mol. The molecule has 0 aromatic heterocycles. The molecule has 4 rings (SSSR count). The minimum atomic E-state index is 0.00678. The number of amides is 1. The lowest BCUT2D eigenvalue weighted by Crippen LogP contribution is -2.32. The van der Waals surface area contributed by atoms with Gasteiger partial charge in [-0.15, -0.1) is 0 Å². The van der Waals surface area contributed by atoms with Crippen LogP contribution in [0.3, 0.4) is 0 Å². The standard InChI is InChI=1S/C21H23ClN2O/c22-19-15-17(23-12-5-6-13-23)10-11-18(19)21(25)24-14-4-3-8-16-7-1-2-9-20(16)24/h1-2,7,9-11,15H,3-6,8,12-14H2. The molecular formula is C21H23ClN2O. The van der Waals surface area contributed by atoms with E-state index in [9.17, 15) is 4.79 Å². The maximum Gasteiger partial charge on any atom is 0.259 e. The molecule has 0 unspecified atom stereocenters. The Bertz CT molecular complexity index is 783. The van der Waals surface area contributed by atoms with Gasteiger partial charge < -0.3 is 9.80 Å². The average molecular weight is 355 g/mol. The molecule has 0 bridgehead atoms. The number of aryl methyl sites for hydroxylation is 1. The zero-order valence-corrected chi connectivity index (χ0v) is 15.1. The van der Waals surface area contributed by atoms with Gasteiger partial charge in [0.05, 0.1) is 10.6 Å². The second-order valence-electron chi connectivity index (χ2n) is 6.90. The van der Waals surface area contributed by atoms with E-state index in [1.807, 2.05) is 41.3 Å². The summed E-state index contributed by atoms with van der Waals surface area (Å²) in [5.74, 6) is 0.00678. The fourth-order valence-electron chi connectivity index (χ4n) is 3.90. The number of rotatable bonds is 2. The number of carbonyl (C=O) groups is 1. The number of hydrogen-bond acceptors (Lipinski definition) is 2. The number of nitrogens with zero attached hydrogens (tertiary/aromatic N) is 2. The Morgan fingerprint density at radius 1 is 0.920 bits per heavy atom. The summed E-state index contributed by atoms with van der Waals surface area (Å²) in [6.45, 7) is 2.90. The first-order chi connectivity index (χ1) is 12.2. The van der Waals surface area contributed by atoms with Gasteiger partial charge in [0, 0.05) is 31.0 Å². The van der Waals surface area contributed by atoms with Crippen LogP contribution in [0.15, 0.2) is 42.5 Å². The van der Waals surface area contributed by atoms with Crippen LogP contribution in [0, 0.1) is 0 Å². The van der Waals surface area contributed by atoms with Crippen molar-refractivity contribution in [2.24, 2.45) is 0 Å². The van der Waals surface area contributed by atoms with Crippen LogP contribution in [-0.4, -0.2) is 25.5 Å². The Labute approximate surface area is 154 Å². The second-order valence-corrected chi connectivity index (χ2v) is 7.31. The van der Waals surface area contributed by atoms with E-state index in [4.69, 9.17) is 11.6 Å². The highest BCUT2D eigenvalue weighted by Gasteiger charge is 2.24. The second kappa shape index (κ2) is 7.09. The molecule has 2 aliphatic heterocycles. The summed E-state index contributed by atoms with van der Waals surface area (Å²) in [6.07, 6.45) is 5.61. The Morgan fingerprint density at radius 2 is 1.68 bits per heavy atom. The molecular weight excluding hydrogens is 332 g/mol. The highest BCUT2D eigenvalue weighted by atomic mass is 35.5. The molecule has 130 valence electrons. The van der Waals surface area contributed by atoms with Gasteiger partial charge in [-0.05, 0) is 61.9 Å². The minimum Gasteiger partial charge on any atom is -0.371 e. The normalized spacial score (nSPS) is 17.3. The van der Waals surface area contributed by atoms with Crippen LogP contribution in [0.4, 0.5) is 11.4 Å². The van der Waals surface area contributed by atoms with E-state index in [2.05, 4.69) is 11.0 Å². The van der Waals surface area contributed by atoms with Crippen molar-refractivity contribution in [2.75, 3.05) is 29.4 Å². The molecule has 4 heteroatoms. The van der Waals surface area contributed by atoms with Crippen LogP contribution in [0.25, 0.3) is 0 Å². The molecule has 0 saturated carbocycles. The molecule has 1 saturated heterocycles. The van der Waals surface area contributed by atoms with E-state index in [1.54, 1.807) is 0 Å². The summed E-state index contributed by atoms with van der Waals surface area (Å²) in [5.41, 5.74) is 4.00. The summed E-state index contributed by atoms with van der Waals surface area (Å²) in [4.78, 5) is 17.4. The van der Waals surface area contributed by atoms with Gasteiger partial charge in [-0.25, -0.2) is 0 Å². The first-order valence-electron chi connectivity index (χ1n) is 9.18. The fraction of sp³-hybridized carbons (Fsp3) is 0.381. The molecule has 2 heterocycles. The van der Waals surface area contributed by atoms with Gasteiger partial charge in [-0.1, -0.05) is 29.8 Å². The predicted molar refractivity (Wildman–Crippen MR) is 104 cm³/mol. The van der Waals surface area contributed by atoms with E-state index < -0.39 is 0 Å². The maximum absolute atomic E-state index is 13.2. The number of benzene rings is 2. The summed E-state index contributed by atoms with van der Waals surface area (Å²) in [5, 5.41) is 0.552. The van der Waals surface area contributed by atoms with Crippen molar-refractivity contribution in [2.45, 2.75) is 32.1 Å². The highest BCUT2D eigenvalue weighted by molar-refractivity contribution is 6.34. The van der Waals surface area contributed by atoms with Crippen LogP contribution in [0.1, 0.15) is 41.6 Å². The van der Waals surface area contributed by atoms with Crippen LogP contribution in [0.2, 0.25) is 5.02 Å². The summed E-state index contributed by atoms with van der Waals surface area (Å²) < 4.78 is 0. The van der Waals surface area contributed by atoms with Gasteiger partial charge in [0.25, 0.3) is 5.91 Å². The van der Waals surface area contributed by atoms with Gasteiger partial charge in [-0.3, -0.25) is 4.79 Å². The lowest BCUT2D eigenvalue weighted by molar-refractivity contribution is 0.0987. The molecule has 0 spiro atoms. The molecule has 1 amide bonds. The topological polar surface area (TPSA) is 23.6 Å². The van der Waals surface area contributed by atoms with Crippen LogP contribution in [0.5, 0.6) is 0 Å². The SMILES string of the molecule is O=C(c1ccc(N2CCCC2)cc1Cl)N1CCCCc2ccccc21. The highest BCUT2D eigenvalue weighted by Crippen LogP contribution is 2.31. The van der Waals surface area contributed by atoms with E-state index in [1.165, 1.54) is 18.4 Å². The molecule has 0 aliphatic carbocycles. The fourth-order valence-corrected chi connectivity index (χ4v) is 4.15. The van der Waals surface area contributed by atoms with Crippen molar-refractivity contribution in [3.63, 3.8) is 0 Å². The van der Waals surface area contributed by atoms with Crippen molar-refractivity contribution in [1.29, 1.82) is 0 Å². The lowest BCUT2D eigenvalue weighted by atomic mass is 10.1. The molecule has 1 fully saturated rings. The maximum atomic E-state index is 13.2. The molecule has 3 nitrogen and oxygen atoms in total. The largest absolute Gasteiger partial charge is 0.371 e. The lowest BCUT2D eigenvalue weighted by Gasteiger charge is -2.24. The molecule has 0 radical (unpaired) electrons. The number of para-hydroxylation sites is 1. The van der Waals surface area contributed by atoms with Crippen molar-refractivity contribution in [3.05, 3.63) is 58.6 Å². The number of anilines is 2. The molecule has 25 heavy (non-hydrogen) atoms. The number of halogens is 1. The number of carbonyl (C=O) groups excluding carboxylic acids is 1. The van der Waals surface area contributed by atoms with E-state index in [0.29, 0.717) is 10.6 Å². The minimum absolute atomic E-state index is 0.00678. The summed E-state index contributed by atoms with van der Waals surface area (Å²) in [6, 6.07) is 14.1. The smallest absolute Gasteiger partial charge is 0.259 e. The molecule has 2 aliphatic rings. The first-order valence-corrected chi connectivity index (χ1v) is 9.56. The van der Waals surface area contributed by atoms with Crippen molar-refractivity contribution in [3.8, 4) is 0 Å². The first kappa shape index (κ1) is 16.5. The summed E-state index contributed by atoms with van der Waals surface area (Å²) in [7, 11) is 0. The average Bonchev–Trinajstić information content (AvgIpc) is 3.08. The Morgan fingerprint density at radius 3 is 2.48 bits per heavy atom. The van der Waals surface area contributed by atoms with Crippen LogP contribution < -0.4 is 9.80 Å². The molecule has 0 atom stereocenters. The van der Waals surface area contributed by atoms with Gasteiger partial charge in [0.1, 0.15) is 0 Å². The van der Waals surface area contributed by atoms with Crippen molar-refractivity contribution < 1.29 is 4.79 Å². The zero-order chi connectivity index (χ0) is 17.2. The van der Waals surface area contributed by atoms with E-state index in [-0.39, 0.29) is 5.91 Å². The van der Waals surface area contributed by atoms with E-state index >= 15 is 0 Å². The van der Waals surface area contributed by atoms with Gasteiger partial charge in [-0.2, -0.15) is 0 Å². The quantitative estimate of drug-likeness (QED) is 0.764. The molecule has 0 N–H and O–H groups in total. The van der Waals surface area contributed by atoms with Crippen LogP contribution in [-0.2, 0) is 6.42 Å². The van der Waals surface area contributed by atoms with Gasteiger partial charge in [0.15, 0.2) is 0 Å². The van der Waals surface area contributed by atoms with Gasteiger partial charge in [0.2, 0.25) is 0 Å². The summed E-state index contributed by atoms with van der Waals surface area (Å²) >= 11 is 6.52. The zero-order valence-electron chi connectivity index (χ0n) is 14.4. The third-order valence-electron chi connectivity index (χ3n) is 5.26. The predicted octanol–water partition coefficient (Wildman–Crippen LogP) is 4.92. The van der Waals surface area contributed by atoms with Crippen molar-refractivity contribution >= 4 is 28.9 Å². The van der Waals surface area contributed by atoms with Crippen molar-refractivity contribution in [1.82, 2.24) is 0 Å². The Hall–Kier alpha value is -2.00. The van der Waals surface area contributed by atoms with Crippen LogP contribution >= 0.6 is 11.6 Å². The molecule has 2 aromatic rings. The van der Waals surface area contributed by atoms with Gasteiger partial charge >= 0.3 is 0 Å². The Kier molecular flexibility index (Phi) is 4.67.